The summed E-state index contributed by atoms with van der Waals surface area (Å²) in [6, 6.07) is 1.39. The van der Waals surface area contributed by atoms with Crippen LogP contribution < -0.4 is 0 Å². The van der Waals surface area contributed by atoms with E-state index in [4.69, 9.17) is 5.11 Å². The number of hydrogen-bond donors (Lipinski definition) is 3. The Bertz CT molecular complexity index is 518. The molecule has 96 valence electrons. The molecule has 0 saturated carbocycles. The van der Waals surface area contributed by atoms with Crippen LogP contribution in [0.3, 0.4) is 0 Å². The van der Waals surface area contributed by atoms with Crippen LogP contribution in [0.4, 0.5) is 0 Å². The average Bonchev–Trinajstić information content (AvgIpc) is 2.28. The molecule has 0 aliphatic heterocycles. The Morgan fingerprint density at radius 1 is 1.11 bits per heavy atom. The van der Waals surface area contributed by atoms with Crippen LogP contribution in [0.1, 0.15) is 27.6 Å². The second kappa shape index (κ2) is 5.17. The number of carboxylic acid groups (broad SMARTS) is 1. The Hall–Kier alpha value is -2.57. The summed E-state index contributed by atoms with van der Waals surface area (Å²) in [5.41, 5.74) is -1.14. The highest BCUT2D eigenvalue weighted by atomic mass is 16.5. The van der Waals surface area contributed by atoms with Crippen LogP contribution in [0.5, 0.6) is 11.5 Å². The Morgan fingerprint density at radius 3 is 2.17 bits per heavy atom. The standard InChI is InChI=1S/C11H10O7/c1-2-18-11(17)9(14)5-3-6(10(15)16)8(13)4-7(5)12/h3-4,12-13H,2H2,1H3,(H,15,16). The minimum absolute atomic E-state index is 0.0325. The van der Waals surface area contributed by atoms with Gasteiger partial charge in [-0.25, -0.2) is 9.59 Å². The first kappa shape index (κ1) is 13.5. The zero-order valence-electron chi connectivity index (χ0n) is 9.34. The molecule has 3 N–H and O–H groups in total. The highest BCUT2D eigenvalue weighted by Crippen LogP contribution is 2.28. The molecule has 0 amide bonds. The van der Waals surface area contributed by atoms with Crippen molar-refractivity contribution >= 4 is 17.7 Å². The average molecular weight is 254 g/mol. The Balaban J connectivity index is 3.24. The maximum absolute atomic E-state index is 11.5. The summed E-state index contributed by atoms with van der Waals surface area (Å²) in [7, 11) is 0. The molecule has 0 atom stereocenters. The van der Waals surface area contributed by atoms with Gasteiger partial charge < -0.3 is 20.1 Å². The maximum Gasteiger partial charge on any atom is 0.379 e. The molecule has 1 aromatic rings. The van der Waals surface area contributed by atoms with E-state index >= 15 is 0 Å². The molecule has 0 radical (unpaired) electrons. The van der Waals surface area contributed by atoms with Gasteiger partial charge in [0.2, 0.25) is 0 Å². The first-order valence-electron chi connectivity index (χ1n) is 4.89. The molecule has 0 aliphatic carbocycles. The van der Waals surface area contributed by atoms with Crippen molar-refractivity contribution in [3.05, 3.63) is 23.3 Å². The van der Waals surface area contributed by atoms with Gasteiger partial charge in [0.1, 0.15) is 17.1 Å². The van der Waals surface area contributed by atoms with E-state index < -0.39 is 40.3 Å². The number of ketones is 1. The predicted molar refractivity (Wildman–Crippen MR) is 57.7 cm³/mol. The third kappa shape index (κ3) is 2.57. The van der Waals surface area contributed by atoms with Crippen LogP contribution in [-0.4, -0.2) is 39.6 Å². The number of phenols is 2. The van der Waals surface area contributed by atoms with Crippen LogP contribution in [-0.2, 0) is 9.53 Å². The van der Waals surface area contributed by atoms with Crippen LogP contribution in [0.25, 0.3) is 0 Å². The zero-order valence-corrected chi connectivity index (χ0v) is 9.34. The second-order valence-electron chi connectivity index (χ2n) is 3.24. The third-order valence-corrected chi connectivity index (χ3v) is 2.05. The van der Waals surface area contributed by atoms with Gasteiger partial charge >= 0.3 is 11.9 Å². The van der Waals surface area contributed by atoms with Crippen LogP contribution >= 0.6 is 0 Å². The monoisotopic (exact) mass is 254 g/mol. The van der Waals surface area contributed by atoms with Crippen molar-refractivity contribution in [2.24, 2.45) is 0 Å². The van der Waals surface area contributed by atoms with Crippen LogP contribution in [0, 0.1) is 0 Å². The Labute approximate surface area is 101 Å². The van der Waals surface area contributed by atoms with E-state index in [-0.39, 0.29) is 6.61 Å². The van der Waals surface area contributed by atoms with Gasteiger partial charge in [0.25, 0.3) is 5.78 Å². The smallest absolute Gasteiger partial charge is 0.379 e. The van der Waals surface area contributed by atoms with Gasteiger partial charge in [-0.1, -0.05) is 0 Å². The number of Topliss-reactive ketones (excluding diaryl/α,β-unsaturated/α-hetero) is 1. The lowest BCUT2D eigenvalue weighted by molar-refractivity contribution is -0.137. The molecule has 7 heteroatoms. The summed E-state index contributed by atoms with van der Waals surface area (Å²) in [4.78, 5) is 33.4. The van der Waals surface area contributed by atoms with Gasteiger partial charge in [0.05, 0.1) is 12.2 Å². The first-order chi connectivity index (χ1) is 8.38. The lowest BCUT2D eigenvalue weighted by atomic mass is 10.0. The number of esters is 1. The van der Waals surface area contributed by atoms with E-state index in [0.717, 1.165) is 0 Å². The predicted octanol–water partition coefficient (Wildman–Crippen LogP) is 0.542. The van der Waals surface area contributed by atoms with E-state index in [2.05, 4.69) is 4.74 Å². The van der Waals surface area contributed by atoms with Gasteiger partial charge in [-0.05, 0) is 13.0 Å². The Morgan fingerprint density at radius 2 is 1.67 bits per heavy atom. The zero-order chi connectivity index (χ0) is 13.9. The molecule has 1 aromatic carbocycles. The van der Waals surface area contributed by atoms with E-state index in [9.17, 15) is 24.6 Å². The summed E-state index contributed by atoms with van der Waals surface area (Å²) in [6.07, 6.45) is 0. The first-order valence-corrected chi connectivity index (χ1v) is 4.89. The highest BCUT2D eigenvalue weighted by Gasteiger charge is 2.24. The van der Waals surface area contributed by atoms with Gasteiger partial charge in [-0.2, -0.15) is 0 Å². The molecule has 1 rings (SSSR count). The SMILES string of the molecule is CCOC(=O)C(=O)c1cc(C(=O)O)c(O)cc1O. The number of carboxylic acids is 1. The maximum atomic E-state index is 11.5. The van der Waals surface area contributed by atoms with Crippen molar-refractivity contribution in [1.82, 2.24) is 0 Å². The molecule has 0 fully saturated rings. The van der Waals surface area contributed by atoms with Crippen molar-refractivity contribution in [2.45, 2.75) is 6.92 Å². The number of phenolic OH excluding ortho intramolecular Hbond substituents is 1. The van der Waals surface area contributed by atoms with Gasteiger partial charge in [-0.15, -0.1) is 0 Å². The Kier molecular flexibility index (Phi) is 3.88. The fourth-order valence-corrected chi connectivity index (χ4v) is 1.24. The largest absolute Gasteiger partial charge is 0.507 e. The number of carbonyl (C=O) groups excluding carboxylic acids is 2. The molecule has 0 aromatic heterocycles. The number of ether oxygens (including phenoxy) is 1. The van der Waals surface area contributed by atoms with Crippen molar-refractivity contribution in [3.63, 3.8) is 0 Å². The fraction of sp³-hybridized carbons (Fsp3) is 0.182. The molecule has 0 saturated heterocycles. The number of rotatable bonds is 4. The molecule has 0 heterocycles. The summed E-state index contributed by atoms with van der Waals surface area (Å²) in [5, 5.41) is 27.4. The van der Waals surface area contributed by atoms with Crippen molar-refractivity contribution in [1.29, 1.82) is 0 Å². The summed E-state index contributed by atoms with van der Waals surface area (Å²) < 4.78 is 4.43. The molecule has 18 heavy (non-hydrogen) atoms. The minimum atomic E-state index is -1.49. The summed E-state index contributed by atoms with van der Waals surface area (Å²) >= 11 is 0. The van der Waals surface area contributed by atoms with Crippen molar-refractivity contribution in [3.8, 4) is 11.5 Å². The van der Waals surface area contributed by atoms with Crippen LogP contribution in [0.15, 0.2) is 12.1 Å². The van der Waals surface area contributed by atoms with Crippen LogP contribution in [0.2, 0.25) is 0 Å². The number of carbonyl (C=O) groups is 3. The van der Waals surface area contributed by atoms with E-state index in [1.54, 1.807) is 0 Å². The third-order valence-electron chi connectivity index (χ3n) is 2.05. The van der Waals surface area contributed by atoms with E-state index in [0.29, 0.717) is 12.1 Å². The number of aromatic hydroxyl groups is 2. The highest BCUT2D eigenvalue weighted by molar-refractivity contribution is 6.41. The molecule has 0 aliphatic rings. The van der Waals surface area contributed by atoms with E-state index in [1.165, 1.54) is 6.92 Å². The summed E-state index contributed by atoms with van der Waals surface area (Å²) in [6.45, 7) is 1.46. The number of aromatic carboxylic acids is 1. The summed E-state index contributed by atoms with van der Waals surface area (Å²) in [5.74, 6) is -5.30. The number of hydrogen-bond acceptors (Lipinski definition) is 6. The molecule has 0 spiro atoms. The van der Waals surface area contributed by atoms with Crippen molar-refractivity contribution < 1.29 is 34.4 Å². The molecular weight excluding hydrogens is 244 g/mol. The minimum Gasteiger partial charge on any atom is -0.507 e. The van der Waals surface area contributed by atoms with Crippen molar-refractivity contribution in [2.75, 3.05) is 6.61 Å². The lowest BCUT2D eigenvalue weighted by Crippen LogP contribution is -2.18. The fourth-order valence-electron chi connectivity index (χ4n) is 1.24. The molecule has 0 unspecified atom stereocenters. The molecule has 0 bridgehead atoms. The normalized spacial score (nSPS) is 9.83. The van der Waals surface area contributed by atoms with Gasteiger partial charge in [0.15, 0.2) is 0 Å². The molecular formula is C11H10O7. The van der Waals surface area contributed by atoms with Gasteiger partial charge in [-0.3, -0.25) is 4.79 Å². The second-order valence-corrected chi connectivity index (χ2v) is 3.24. The van der Waals surface area contributed by atoms with E-state index in [1.807, 2.05) is 0 Å². The number of benzene rings is 1. The quantitative estimate of drug-likeness (QED) is 0.407. The topological polar surface area (TPSA) is 121 Å². The molecule has 7 nitrogen and oxygen atoms in total. The van der Waals surface area contributed by atoms with Gasteiger partial charge in [0, 0.05) is 6.07 Å². The lowest BCUT2D eigenvalue weighted by Gasteiger charge is -2.06.